The Bertz CT molecular complexity index is 499. The van der Waals surface area contributed by atoms with Crippen LogP contribution in [0.15, 0.2) is 36.7 Å². The van der Waals surface area contributed by atoms with E-state index in [2.05, 4.69) is 59.9 Å². The summed E-state index contributed by atoms with van der Waals surface area (Å²) in [5.41, 5.74) is 2.60. The van der Waals surface area contributed by atoms with Gasteiger partial charge < -0.3 is 9.88 Å². The Morgan fingerprint density at radius 2 is 1.78 bits per heavy atom. The Labute approximate surface area is 109 Å². The van der Waals surface area contributed by atoms with Gasteiger partial charge in [0.2, 0.25) is 0 Å². The molecule has 2 atom stereocenters. The van der Waals surface area contributed by atoms with Gasteiger partial charge in [0.25, 0.3) is 0 Å². The summed E-state index contributed by atoms with van der Waals surface area (Å²) in [6, 6.07) is 9.22. The summed E-state index contributed by atoms with van der Waals surface area (Å²) in [4.78, 5) is 4.38. The number of hydrogen-bond donors (Lipinski definition) is 1. The third kappa shape index (κ3) is 2.79. The maximum Gasteiger partial charge on any atom is 0.125 e. The van der Waals surface area contributed by atoms with Crippen molar-refractivity contribution in [2.24, 2.45) is 7.05 Å². The van der Waals surface area contributed by atoms with Crippen molar-refractivity contribution in [3.05, 3.63) is 53.6 Å². The first-order valence-corrected chi connectivity index (χ1v) is 6.37. The highest BCUT2D eigenvalue weighted by molar-refractivity contribution is 5.23. The molecule has 3 nitrogen and oxygen atoms in total. The van der Waals surface area contributed by atoms with Gasteiger partial charge in [-0.25, -0.2) is 4.98 Å². The number of rotatable bonds is 4. The monoisotopic (exact) mass is 243 g/mol. The summed E-state index contributed by atoms with van der Waals surface area (Å²) in [5, 5.41) is 3.58. The molecule has 1 heterocycles. The number of imidazole rings is 1. The summed E-state index contributed by atoms with van der Waals surface area (Å²) < 4.78 is 2.06. The average molecular weight is 243 g/mol. The molecule has 0 amide bonds. The maximum atomic E-state index is 4.38. The van der Waals surface area contributed by atoms with Crippen molar-refractivity contribution in [1.82, 2.24) is 14.9 Å². The Morgan fingerprint density at radius 1 is 1.11 bits per heavy atom. The molecule has 0 bridgehead atoms. The first-order chi connectivity index (χ1) is 8.58. The maximum absolute atomic E-state index is 4.38. The molecule has 18 heavy (non-hydrogen) atoms. The van der Waals surface area contributed by atoms with Crippen LogP contribution in [0, 0.1) is 6.92 Å². The molecule has 3 heteroatoms. The van der Waals surface area contributed by atoms with E-state index in [1.54, 1.807) is 0 Å². The number of hydrogen-bond acceptors (Lipinski definition) is 2. The van der Waals surface area contributed by atoms with E-state index < -0.39 is 0 Å². The van der Waals surface area contributed by atoms with E-state index in [-0.39, 0.29) is 6.04 Å². The van der Waals surface area contributed by atoms with Crippen LogP contribution in [0.25, 0.3) is 0 Å². The van der Waals surface area contributed by atoms with Crippen LogP contribution in [0.3, 0.4) is 0 Å². The largest absolute Gasteiger partial charge is 0.337 e. The predicted octanol–water partition coefficient (Wildman–Crippen LogP) is 3.14. The molecule has 0 aliphatic carbocycles. The lowest BCUT2D eigenvalue weighted by Crippen LogP contribution is -2.24. The number of nitrogens with one attached hydrogen (secondary N) is 1. The Balaban J connectivity index is 2.05. The molecule has 0 aliphatic heterocycles. The van der Waals surface area contributed by atoms with Crippen molar-refractivity contribution < 1.29 is 0 Å². The van der Waals surface area contributed by atoms with E-state index in [1.165, 1.54) is 11.1 Å². The molecular formula is C15H21N3. The van der Waals surface area contributed by atoms with E-state index in [0.717, 1.165) is 5.82 Å². The van der Waals surface area contributed by atoms with Crippen LogP contribution in [-0.2, 0) is 7.05 Å². The van der Waals surface area contributed by atoms with E-state index >= 15 is 0 Å². The third-order valence-corrected chi connectivity index (χ3v) is 3.32. The molecule has 0 fully saturated rings. The van der Waals surface area contributed by atoms with Crippen LogP contribution in [0.5, 0.6) is 0 Å². The van der Waals surface area contributed by atoms with Gasteiger partial charge in [0.15, 0.2) is 0 Å². The molecule has 2 rings (SSSR count). The predicted molar refractivity (Wildman–Crippen MR) is 74.4 cm³/mol. The molecule has 1 aromatic carbocycles. The number of aryl methyl sites for hydroxylation is 2. The van der Waals surface area contributed by atoms with E-state index in [1.807, 2.05) is 19.4 Å². The SMILES string of the molecule is Cc1ccc(C(C)NC(C)c2nccn2C)cc1. The second-order valence-corrected chi connectivity index (χ2v) is 4.92. The van der Waals surface area contributed by atoms with Gasteiger partial charge in [-0.2, -0.15) is 0 Å². The van der Waals surface area contributed by atoms with Crippen LogP contribution in [0.2, 0.25) is 0 Å². The van der Waals surface area contributed by atoms with Gasteiger partial charge in [-0.3, -0.25) is 0 Å². The standard InChI is InChI=1S/C15H21N3/c1-11-5-7-14(8-6-11)12(2)17-13(3)15-16-9-10-18(15)4/h5-10,12-13,17H,1-4H3. The molecular weight excluding hydrogens is 222 g/mol. The van der Waals surface area contributed by atoms with Crippen molar-refractivity contribution in [2.45, 2.75) is 32.9 Å². The van der Waals surface area contributed by atoms with Crippen LogP contribution < -0.4 is 5.32 Å². The zero-order valence-electron chi connectivity index (χ0n) is 11.5. The third-order valence-electron chi connectivity index (χ3n) is 3.32. The highest BCUT2D eigenvalue weighted by Crippen LogP contribution is 2.18. The highest BCUT2D eigenvalue weighted by Gasteiger charge is 2.13. The second-order valence-electron chi connectivity index (χ2n) is 4.92. The van der Waals surface area contributed by atoms with Gasteiger partial charge >= 0.3 is 0 Å². The van der Waals surface area contributed by atoms with Gasteiger partial charge in [0, 0.05) is 25.5 Å². The van der Waals surface area contributed by atoms with Gasteiger partial charge in [0.05, 0.1) is 6.04 Å². The number of nitrogens with zero attached hydrogens (tertiary/aromatic N) is 2. The Kier molecular flexibility index (Phi) is 3.82. The smallest absolute Gasteiger partial charge is 0.125 e. The number of benzene rings is 1. The molecule has 0 saturated carbocycles. The first kappa shape index (κ1) is 12.8. The van der Waals surface area contributed by atoms with E-state index in [0.29, 0.717) is 6.04 Å². The highest BCUT2D eigenvalue weighted by atomic mass is 15.1. The normalized spacial score (nSPS) is 14.4. The first-order valence-electron chi connectivity index (χ1n) is 6.37. The van der Waals surface area contributed by atoms with Crippen molar-refractivity contribution >= 4 is 0 Å². The molecule has 0 radical (unpaired) electrons. The van der Waals surface area contributed by atoms with Crippen LogP contribution in [-0.4, -0.2) is 9.55 Å². The van der Waals surface area contributed by atoms with E-state index in [9.17, 15) is 0 Å². The van der Waals surface area contributed by atoms with Crippen LogP contribution in [0.4, 0.5) is 0 Å². The summed E-state index contributed by atoms with van der Waals surface area (Å²) in [5.74, 6) is 1.06. The minimum Gasteiger partial charge on any atom is -0.337 e. The lowest BCUT2D eigenvalue weighted by Gasteiger charge is -2.20. The number of aromatic nitrogens is 2. The summed E-state index contributed by atoms with van der Waals surface area (Å²) in [6.45, 7) is 6.44. The van der Waals surface area contributed by atoms with Gasteiger partial charge in [-0.1, -0.05) is 29.8 Å². The quantitative estimate of drug-likeness (QED) is 0.894. The molecule has 96 valence electrons. The zero-order valence-corrected chi connectivity index (χ0v) is 11.5. The fraction of sp³-hybridized carbons (Fsp3) is 0.400. The van der Waals surface area contributed by atoms with Crippen LogP contribution in [0.1, 0.15) is 42.9 Å². The molecule has 2 aromatic rings. The van der Waals surface area contributed by atoms with Crippen molar-refractivity contribution in [2.75, 3.05) is 0 Å². The van der Waals surface area contributed by atoms with Crippen LogP contribution >= 0.6 is 0 Å². The molecule has 0 saturated heterocycles. The Morgan fingerprint density at radius 3 is 2.33 bits per heavy atom. The van der Waals surface area contributed by atoms with Crippen molar-refractivity contribution in [3.63, 3.8) is 0 Å². The summed E-state index contributed by atoms with van der Waals surface area (Å²) in [7, 11) is 2.02. The topological polar surface area (TPSA) is 29.9 Å². The van der Waals surface area contributed by atoms with E-state index in [4.69, 9.17) is 0 Å². The van der Waals surface area contributed by atoms with Crippen molar-refractivity contribution in [3.8, 4) is 0 Å². The van der Waals surface area contributed by atoms with Gasteiger partial charge in [-0.05, 0) is 26.3 Å². The lowest BCUT2D eigenvalue weighted by atomic mass is 10.1. The Hall–Kier alpha value is -1.61. The minimum absolute atomic E-state index is 0.237. The lowest BCUT2D eigenvalue weighted by molar-refractivity contribution is 0.467. The van der Waals surface area contributed by atoms with Crippen molar-refractivity contribution in [1.29, 1.82) is 0 Å². The van der Waals surface area contributed by atoms with Gasteiger partial charge in [-0.15, -0.1) is 0 Å². The fourth-order valence-electron chi connectivity index (χ4n) is 2.20. The molecule has 0 spiro atoms. The second kappa shape index (κ2) is 5.36. The molecule has 0 aliphatic rings. The molecule has 1 aromatic heterocycles. The zero-order chi connectivity index (χ0) is 13.1. The average Bonchev–Trinajstić information content (AvgIpc) is 2.76. The summed E-state index contributed by atoms with van der Waals surface area (Å²) >= 11 is 0. The fourth-order valence-corrected chi connectivity index (χ4v) is 2.20. The minimum atomic E-state index is 0.237. The summed E-state index contributed by atoms with van der Waals surface area (Å²) in [6.07, 6.45) is 3.81. The van der Waals surface area contributed by atoms with Gasteiger partial charge in [0.1, 0.15) is 5.82 Å². The molecule has 1 N–H and O–H groups in total. The molecule has 2 unspecified atom stereocenters.